The number of allylic oxidation sites excluding steroid dienone is 4. The van der Waals surface area contributed by atoms with E-state index in [4.69, 9.17) is 23.4 Å². The number of nitrogens with zero attached hydrogens (tertiary/aromatic N) is 2. The molecule has 0 atom stereocenters. The first-order valence-electron chi connectivity index (χ1n) is 13.7. The van der Waals surface area contributed by atoms with Crippen molar-refractivity contribution in [2.24, 2.45) is 0 Å². The van der Waals surface area contributed by atoms with E-state index in [9.17, 15) is 10.5 Å². The van der Waals surface area contributed by atoms with E-state index in [0.29, 0.717) is 17.1 Å². The summed E-state index contributed by atoms with van der Waals surface area (Å²) in [5, 5.41) is 19.2. The van der Waals surface area contributed by atoms with Crippen LogP contribution in [0.5, 0.6) is 0 Å². The molecular formula is C32H34B2N2O5. The lowest BCUT2D eigenvalue weighted by Crippen LogP contribution is -2.41. The summed E-state index contributed by atoms with van der Waals surface area (Å²) in [6.45, 7) is 16.2. The fourth-order valence-electron chi connectivity index (χ4n) is 4.65. The number of rotatable bonds is 4. The Labute approximate surface area is 243 Å². The molecule has 0 amide bonds. The van der Waals surface area contributed by atoms with Crippen molar-refractivity contribution in [3.63, 3.8) is 0 Å². The summed E-state index contributed by atoms with van der Waals surface area (Å²) in [5.74, 6) is 1.05. The van der Waals surface area contributed by atoms with E-state index < -0.39 is 36.6 Å². The van der Waals surface area contributed by atoms with Gasteiger partial charge in [0.2, 0.25) is 0 Å². The first-order valence-corrected chi connectivity index (χ1v) is 13.7. The Bertz CT molecular complexity index is 1390. The van der Waals surface area contributed by atoms with Crippen molar-refractivity contribution in [3.05, 3.63) is 83.0 Å². The summed E-state index contributed by atoms with van der Waals surface area (Å²) in [4.78, 5) is 0. The van der Waals surface area contributed by atoms with Crippen molar-refractivity contribution in [1.29, 1.82) is 10.5 Å². The highest BCUT2D eigenvalue weighted by Gasteiger charge is 2.52. The monoisotopic (exact) mass is 548 g/mol. The lowest BCUT2D eigenvalue weighted by molar-refractivity contribution is 0.00578. The topological polar surface area (TPSA) is 93.7 Å². The molecule has 0 saturated carbocycles. The molecule has 2 aromatic carbocycles. The van der Waals surface area contributed by atoms with Gasteiger partial charge in [-0.3, -0.25) is 0 Å². The normalized spacial score (nSPS) is 21.9. The van der Waals surface area contributed by atoms with Crippen LogP contribution in [0.4, 0.5) is 0 Å². The molecule has 9 heteroatoms. The van der Waals surface area contributed by atoms with E-state index in [0.717, 1.165) is 22.1 Å². The Kier molecular flexibility index (Phi) is 7.09. The van der Waals surface area contributed by atoms with Crippen molar-refractivity contribution in [1.82, 2.24) is 0 Å². The maximum absolute atomic E-state index is 9.59. The predicted octanol–water partition coefficient (Wildman–Crippen LogP) is 5.04. The molecule has 41 heavy (non-hydrogen) atoms. The van der Waals surface area contributed by atoms with Crippen LogP contribution < -0.4 is 10.9 Å². The van der Waals surface area contributed by atoms with Gasteiger partial charge in [0.25, 0.3) is 0 Å². The molecule has 208 valence electrons. The van der Waals surface area contributed by atoms with Gasteiger partial charge in [-0.25, -0.2) is 0 Å². The second kappa shape index (κ2) is 10.0. The zero-order valence-corrected chi connectivity index (χ0v) is 24.9. The fourth-order valence-corrected chi connectivity index (χ4v) is 4.65. The zero-order valence-electron chi connectivity index (χ0n) is 24.9. The maximum atomic E-state index is 9.59. The Hall–Kier alpha value is -3.59. The third-order valence-corrected chi connectivity index (χ3v) is 8.75. The Balaban J connectivity index is 1.41. The summed E-state index contributed by atoms with van der Waals surface area (Å²) in [6.07, 6.45) is 3.43. The van der Waals surface area contributed by atoms with E-state index >= 15 is 0 Å². The molecule has 0 aromatic heterocycles. The van der Waals surface area contributed by atoms with Gasteiger partial charge in [0.05, 0.1) is 22.4 Å². The largest absolute Gasteiger partial charge is 0.494 e. The quantitative estimate of drug-likeness (QED) is 0.391. The van der Waals surface area contributed by atoms with Crippen LogP contribution in [0, 0.1) is 22.7 Å². The first-order chi connectivity index (χ1) is 19.2. The molecule has 0 aliphatic carbocycles. The minimum absolute atomic E-state index is 0.00553. The molecule has 0 radical (unpaired) electrons. The van der Waals surface area contributed by atoms with Gasteiger partial charge in [-0.05, 0) is 78.5 Å². The summed E-state index contributed by atoms with van der Waals surface area (Å²) < 4.78 is 31.1. The van der Waals surface area contributed by atoms with Crippen molar-refractivity contribution in [3.8, 4) is 12.1 Å². The number of hydrogen-bond donors (Lipinski definition) is 0. The molecule has 2 fully saturated rings. The molecule has 0 bridgehead atoms. The van der Waals surface area contributed by atoms with E-state index in [1.165, 1.54) is 0 Å². The van der Waals surface area contributed by atoms with Crippen molar-refractivity contribution in [2.45, 2.75) is 77.8 Å². The van der Waals surface area contributed by atoms with Gasteiger partial charge in [-0.2, -0.15) is 10.5 Å². The van der Waals surface area contributed by atoms with Crippen LogP contribution in [0.25, 0.3) is 11.5 Å². The number of ether oxygens (including phenoxy) is 1. The molecule has 3 aliphatic rings. The minimum Gasteiger partial charge on any atom is -0.456 e. The van der Waals surface area contributed by atoms with Crippen LogP contribution in [-0.2, 0) is 23.4 Å². The van der Waals surface area contributed by atoms with E-state index in [-0.39, 0.29) is 5.57 Å². The molecular weight excluding hydrogens is 514 g/mol. The van der Waals surface area contributed by atoms with Gasteiger partial charge in [0.1, 0.15) is 29.2 Å². The van der Waals surface area contributed by atoms with Gasteiger partial charge in [-0.1, -0.05) is 48.5 Å². The first kappa shape index (κ1) is 28.9. The van der Waals surface area contributed by atoms with E-state index in [1.807, 2.05) is 116 Å². The summed E-state index contributed by atoms with van der Waals surface area (Å²) in [6, 6.07) is 19.5. The molecule has 0 N–H and O–H groups in total. The van der Waals surface area contributed by atoms with Gasteiger partial charge >= 0.3 is 14.2 Å². The van der Waals surface area contributed by atoms with Crippen molar-refractivity contribution >= 4 is 36.7 Å². The third kappa shape index (κ3) is 5.27. The smallest absolute Gasteiger partial charge is 0.456 e. The molecule has 7 nitrogen and oxygen atoms in total. The Morgan fingerprint density at radius 3 is 1.17 bits per heavy atom. The lowest BCUT2D eigenvalue weighted by Gasteiger charge is -2.32. The van der Waals surface area contributed by atoms with Gasteiger partial charge in [0, 0.05) is 16.7 Å². The van der Waals surface area contributed by atoms with Crippen LogP contribution in [0.3, 0.4) is 0 Å². The highest BCUT2D eigenvalue weighted by Crippen LogP contribution is 2.38. The van der Waals surface area contributed by atoms with Crippen LogP contribution in [0.2, 0.25) is 0 Å². The molecule has 2 saturated heterocycles. The number of benzene rings is 2. The third-order valence-electron chi connectivity index (χ3n) is 8.75. The average Bonchev–Trinajstić information content (AvgIpc) is 3.29. The molecule has 3 heterocycles. The summed E-state index contributed by atoms with van der Waals surface area (Å²) in [5.41, 5.74) is 2.10. The highest BCUT2D eigenvalue weighted by atomic mass is 16.7. The molecule has 0 spiro atoms. The molecule has 2 aromatic rings. The Morgan fingerprint density at radius 1 is 0.561 bits per heavy atom. The molecule has 0 unspecified atom stereocenters. The van der Waals surface area contributed by atoms with E-state index in [2.05, 4.69) is 0 Å². The zero-order chi connectivity index (χ0) is 29.8. The van der Waals surface area contributed by atoms with Crippen molar-refractivity contribution in [2.75, 3.05) is 0 Å². The molecule has 3 aliphatic heterocycles. The van der Waals surface area contributed by atoms with Gasteiger partial charge in [-0.15, -0.1) is 0 Å². The van der Waals surface area contributed by atoms with Gasteiger partial charge in [0.15, 0.2) is 0 Å². The summed E-state index contributed by atoms with van der Waals surface area (Å²) in [7, 11) is -0.958. The number of hydrogen-bond acceptors (Lipinski definition) is 7. The SMILES string of the molecule is CC1(C)OB(c2ccc(C3=CC(=C(C#N)C#N)C=C(c4ccc(B5OC(C)(C)C(C)(C)O5)cc4)O3)cc2)OC1(C)C. The number of nitriles is 2. The lowest BCUT2D eigenvalue weighted by atomic mass is 9.78. The Morgan fingerprint density at radius 2 is 0.878 bits per heavy atom. The van der Waals surface area contributed by atoms with Gasteiger partial charge < -0.3 is 23.4 Å². The van der Waals surface area contributed by atoms with Crippen molar-refractivity contribution < 1.29 is 23.4 Å². The second-order valence-corrected chi connectivity index (χ2v) is 12.6. The fraction of sp³-hybridized carbons (Fsp3) is 0.375. The van der Waals surface area contributed by atoms with Crippen LogP contribution >= 0.6 is 0 Å². The molecule has 5 rings (SSSR count). The van der Waals surface area contributed by atoms with Crippen LogP contribution in [0.15, 0.2) is 71.8 Å². The van der Waals surface area contributed by atoms with E-state index in [1.54, 1.807) is 12.2 Å². The van der Waals surface area contributed by atoms with Crippen LogP contribution in [-0.4, -0.2) is 36.6 Å². The predicted molar refractivity (Wildman–Crippen MR) is 160 cm³/mol. The maximum Gasteiger partial charge on any atom is 0.494 e. The summed E-state index contributed by atoms with van der Waals surface area (Å²) >= 11 is 0. The minimum atomic E-state index is -0.479. The second-order valence-electron chi connectivity index (χ2n) is 12.6. The standard InChI is InChI=1S/C32H34B2N2O5/c1-29(2)30(3,4)39-33(38-29)25-13-9-21(10-14-25)27-17-23(24(19-35)20-36)18-28(37-27)22-11-15-26(16-12-22)34-40-31(5,6)32(7,8)41-34/h9-18H,1-8H3. The highest BCUT2D eigenvalue weighted by molar-refractivity contribution is 6.62. The van der Waals surface area contributed by atoms with Crippen LogP contribution in [0.1, 0.15) is 66.5 Å². The average molecular weight is 548 g/mol.